The third-order valence-electron chi connectivity index (χ3n) is 4.43. The molecule has 0 aliphatic carbocycles. The minimum absolute atomic E-state index is 0.0223. The molecule has 0 atom stereocenters. The normalized spacial score (nSPS) is 15.6. The summed E-state index contributed by atoms with van der Waals surface area (Å²) in [5.41, 5.74) is 7.61. The lowest BCUT2D eigenvalue weighted by Crippen LogP contribution is -2.25. The number of aromatic amines is 1. The van der Waals surface area contributed by atoms with Gasteiger partial charge in [-0.25, -0.2) is 4.99 Å². The number of aliphatic imine (C=N–C) groups is 1. The maximum atomic E-state index is 11.1. The molecule has 136 valence electrons. The van der Waals surface area contributed by atoms with Gasteiger partial charge in [-0.3, -0.25) is 15.5 Å². The van der Waals surface area contributed by atoms with E-state index in [1.54, 1.807) is 18.2 Å². The first-order valence-electron chi connectivity index (χ1n) is 8.54. The summed E-state index contributed by atoms with van der Waals surface area (Å²) in [5.74, 6) is 0.635. The van der Waals surface area contributed by atoms with Crippen LogP contribution in [0.25, 0.3) is 10.9 Å². The number of hydrogen-bond acceptors (Lipinski definition) is 5. The third kappa shape index (κ3) is 3.31. The number of nitrogens with zero attached hydrogens (tertiary/aromatic N) is 3. The summed E-state index contributed by atoms with van der Waals surface area (Å²) >= 11 is 1.47. The summed E-state index contributed by atoms with van der Waals surface area (Å²) in [7, 11) is 0. The van der Waals surface area contributed by atoms with Crippen molar-refractivity contribution in [2.75, 3.05) is 5.75 Å². The zero-order valence-electron chi connectivity index (χ0n) is 14.6. The molecule has 4 rings (SSSR count). The van der Waals surface area contributed by atoms with Crippen LogP contribution >= 0.6 is 11.8 Å². The fourth-order valence-electron chi connectivity index (χ4n) is 3.08. The second kappa shape index (κ2) is 7.24. The molecule has 3 aromatic rings. The molecule has 1 aromatic heterocycles. The second-order valence-corrected chi connectivity index (χ2v) is 6.98. The zero-order valence-corrected chi connectivity index (χ0v) is 15.4. The first kappa shape index (κ1) is 17.3. The van der Waals surface area contributed by atoms with Crippen LogP contribution in [0.1, 0.15) is 18.1 Å². The van der Waals surface area contributed by atoms with Crippen molar-refractivity contribution in [1.82, 2.24) is 10.4 Å². The Balaban J connectivity index is 1.62. The van der Waals surface area contributed by atoms with E-state index in [-0.39, 0.29) is 5.69 Å². The highest BCUT2D eigenvalue weighted by Gasteiger charge is 2.19. The van der Waals surface area contributed by atoms with Crippen LogP contribution in [-0.4, -0.2) is 26.5 Å². The quantitative estimate of drug-likeness (QED) is 0.520. The van der Waals surface area contributed by atoms with Crippen LogP contribution in [0.3, 0.4) is 0 Å². The average molecular weight is 379 g/mol. The van der Waals surface area contributed by atoms with Gasteiger partial charge in [-0.15, -0.1) is 0 Å². The molecule has 2 aromatic carbocycles. The molecule has 0 saturated carbocycles. The Morgan fingerprint density at radius 1 is 1.26 bits per heavy atom. The van der Waals surface area contributed by atoms with Crippen molar-refractivity contribution < 1.29 is 4.92 Å². The first-order chi connectivity index (χ1) is 13.2. The Labute approximate surface area is 159 Å². The van der Waals surface area contributed by atoms with E-state index in [1.165, 1.54) is 23.4 Å². The number of aromatic nitrogens is 1. The number of hydrazone groups is 1. The summed E-state index contributed by atoms with van der Waals surface area (Å²) in [6.07, 6.45) is 2.94. The molecule has 27 heavy (non-hydrogen) atoms. The predicted molar refractivity (Wildman–Crippen MR) is 110 cm³/mol. The molecule has 2 N–H and O–H groups in total. The van der Waals surface area contributed by atoms with E-state index < -0.39 is 4.92 Å². The van der Waals surface area contributed by atoms with E-state index in [1.807, 2.05) is 6.20 Å². The summed E-state index contributed by atoms with van der Waals surface area (Å²) in [5, 5.41) is 17.3. The van der Waals surface area contributed by atoms with Crippen LogP contribution in [0.2, 0.25) is 0 Å². The molecule has 7 nitrogen and oxygen atoms in total. The highest BCUT2D eigenvalue weighted by atomic mass is 32.2. The van der Waals surface area contributed by atoms with Crippen LogP contribution < -0.4 is 5.43 Å². The van der Waals surface area contributed by atoms with Crippen molar-refractivity contribution in [1.29, 1.82) is 0 Å². The number of nitro benzene ring substituents is 1. The van der Waals surface area contributed by atoms with Gasteiger partial charge in [0.15, 0.2) is 5.17 Å². The van der Waals surface area contributed by atoms with Crippen LogP contribution in [0.5, 0.6) is 0 Å². The van der Waals surface area contributed by atoms with Gasteiger partial charge in [-0.1, -0.05) is 49.0 Å². The van der Waals surface area contributed by atoms with Crippen molar-refractivity contribution in [2.45, 2.75) is 13.3 Å². The van der Waals surface area contributed by atoms with E-state index >= 15 is 0 Å². The number of thioether (sulfide) groups is 1. The zero-order chi connectivity index (χ0) is 18.8. The first-order valence-corrected chi connectivity index (χ1v) is 9.52. The van der Waals surface area contributed by atoms with E-state index in [2.05, 4.69) is 45.6 Å². The average Bonchev–Trinajstić information content (AvgIpc) is 3.13. The van der Waals surface area contributed by atoms with Crippen LogP contribution in [0, 0.1) is 10.1 Å². The Hall–Kier alpha value is -3.13. The van der Waals surface area contributed by atoms with Gasteiger partial charge >= 0.3 is 0 Å². The second-order valence-electron chi connectivity index (χ2n) is 6.02. The van der Waals surface area contributed by atoms with Crippen molar-refractivity contribution >= 4 is 44.9 Å². The van der Waals surface area contributed by atoms with Crippen LogP contribution in [0.15, 0.2) is 58.8 Å². The molecule has 2 heterocycles. The number of benzene rings is 2. The number of amidine groups is 1. The van der Waals surface area contributed by atoms with Crippen molar-refractivity contribution in [2.24, 2.45) is 10.1 Å². The number of fused-ring (bicyclic) bond motifs is 1. The Bertz CT molecular complexity index is 1090. The molecule has 0 radical (unpaired) electrons. The molecule has 1 aliphatic heterocycles. The number of aryl methyl sites for hydroxylation is 1. The fourth-order valence-corrected chi connectivity index (χ4v) is 3.85. The van der Waals surface area contributed by atoms with Crippen molar-refractivity contribution in [3.05, 3.63) is 69.9 Å². The SMILES string of the molecule is CCc1cccc2c(C3=NNC(=Nc4ccccc4[N+](=O)[O-])SC3)c[nH]c12. The van der Waals surface area contributed by atoms with Crippen LogP contribution in [0.4, 0.5) is 11.4 Å². The Kier molecular flexibility index (Phi) is 4.64. The number of nitro groups is 1. The lowest BCUT2D eigenvalue weighted by Gasteiger charge is -2.14. The summed E-state index contributed by atoms with van der Waals surface area (Å²) < 4.78 is 0. The maximum absolute atomic E-state index is 11.1. The minimum Gasteiger partial charge on any atom is -0.360 e. The fraction of sp³-hybridized carbons (Fsp3) is 0.158. The summed E-state index contributed by atoms with van der Waals surface area (Å²) in [6.45, 7) is 2.14. The smallest absolute Gasteiger partial charge is 0.294 e. The number of hydrogen-bond donors (Lipinski definition) is 2. The highest BCUT2D eigenvalue weighted by Crippen LogP contribution is 2.29. The molecule has 0 amide bonds. The standard InChI is InChI=1S/C19H17N5O2S/c1-2-12-6-5-7-13-14(10-20-18(12)13)16-11-27-19(23-22-16)21-15-8-3-4-9-17(15)24(25)26/h3-10,20H,2,11H2,1H3,(H,21,23). The molecule has 0 fully saturated rings. The molecule has 8 heteroatoms. The van der Waals surface area contributed by atoms with E-state index in [0.717, 1.165) is 28.6 Å². The number of H-pyrrole nitrogens is 1. The molecule has 0 saturated heterocycles. The molecule has 1 aliphatic rings. The Morgan fingerprint density at radius 2 is 2.11 bits per heavy atom. The molecular formula is C19H17N5O2S. The monoisotopic (exact) mass is 379 g/mol. The van der Waals surface area contributed by atoms with Gasteiger partial charge in [-0.2, -0.15) is 5.10 Å². The van der Waals surface area contributed by atoms with Crippen molar-refractivity contribution in [3.63, 3.8) is 0 Å². The predicted octanol–water partition coefficient (Wildman–Crippen LogP) is 4.37. The van der Waals surface area contributed by atoms with Crippen LogP contribution in [-0.2, 0) is 6.42 Å². The van der Waals surface area contributed by atoms with Gasteiger partial charge in [0.05, 0.1) is 10.6 Å². The highest BCUT2D eigenvalue weighted by molar-refractivity contribution is 8.14. The van der Waals surface area contributed by atoms with Gasteiger partial charge in [0.2, 0.25) is 0 Å². The largest absolute Gasteiger partial charge is 0.360 e. The lowest BCUT2D eigenvalue weighted by atomic mass is 10.1. The third-order valence-corrected chi connectivity index (χ3v) is 5.30. The number of rotatable bonds is 4. The van der Waals surface area contributed by atoms with Gasteiger partial charge in [-0.05, 0) is 18.1 Å². The number of nitrogens with one attached hydrogen (secondary N) is 2. The molecule has 0 unspecified atom stereocenters. The van der Waals surface area contributed by atoms with E-state index in [4.69, 9.17) is 0 Å². The van der Waals surface area contributed by atoms with Crippen molar-refractivity contribution in [3.8, 4) is 0 Å². The lowest BCUT2D eigenvalue weighted by molar-refractivity contribution is -0.384. The number of para-hydroxylation sites is 3. The molecular weight excluding hydrogens is 362 g/mol. The van der Waals surface area contributed by atoms with E-state index in [0.29, 0.717) is 16.6 Å². The Morgan fingerprint density at radius 3 is 2.85 bits per heavy atom. The maximum Gasteiger partial charge on any atom is 0.294 e. The van der Waals surface area contributed by atoms with Gasteiger partial charge in [0, 0.05) is 34.5 Å². The molecule has 0 bridgehead atoms. The summed E-state index contributed by atoms with van der Waals surface area (Å²) in [4.78, 5) is 18.4. The molecule has 0 spiro atoms. The van der Waals surface area contributed by atoms with E-state index in [9.17, 15) is 10.1 Å². The van der Waals surface area contributed by atoms with Gasteiger partial charge in [0.1, 0.15) is 5.69 Å². The van der Waals surface area contributed by atoms with Gasteiger partial charge < -0.3 is 4.98 Å². The topological polar surface area (TPSA) is 95.7 Å². The summed E-state index contributed by atoms with van der Waals surface area (Å²) in [6, 6.07) is 12.7. The van der Waals surface area contributed by atoms with Gasteiger partial charge in [0.25, 0.3) is 5.69 Å². The minimum atomic E-state index is -0.432.